The molecule has 0 fully saturated rings. The fourth-order valence-corrected chi connectivity index (χ4v) is 2.70. The fraction of sp³-hybridized carbons (Fsp3) is 0.0667. The van der Waals surface area contributed by atoms with Crippen molar-refractivity contribution < 1.29 is 13.6 Å². The normalized spacial score (nSPS) is 10.8. The molecule has 0 aliphatic carbocycles. The first-order chi connectivity index (χ1) is 10.6. The Bertz CT molecular complexity index is 835. The number of benzene rings is 1. The van der Waals surface area contributed by atoms with E-state index >= 15 is 0 Å². The molecule has 0 saturated carbocycles. The highest BCUT2D eigenvalue weighted by atomic mass is 32.2. The number of imidazole rings is 1. The summed E-state index contributed by atoms with van der Waals surface area (Å²) in [4.78, 5) is 16.1. The van der Waals surface area contributed by atoms with Gasteiger partial charge >= 0.3 is 0 Å². The Morgan fingerprint density at radius 1 is 1.27 bits per heavy atom. The van der Waals surface area contributed by atoms with E-state index in [1.54, 1.807) is 6.20 Å². The van der Waals surface area contributed by atoms with Crippen LogP contribution in [0.4, 0.5) is 14.5 Å². The predicted molar refractivity (Wildman–Crippen MR) is 80.9 cm³/mol. The lowest BCUT2D eigenvalue weighted by Gasteiger charge is -2.06. The van der Waals surface area contributed by atoms with Gasteiger partial charge in [-0.3, -0.25) is 9.20 Å². The molecule has 0 aliphatic heterocycles. The molecule has 3 rings (SSSR count). The zero-order valence-electron chi connectivity index (χ0n) is 11.3. The summed E-state index contributed by atoms with van der Waals surface area (Å²) in [5.74, 6) is -1.67. The van der Waals surface area contributed by atoms with E-state index in [1.165, 1.54) is 11.8 Å². The Morgan fingerprint density at radius 3 is 3.00 bits per heavy atom. The number of nitrogens with zero attached hydrogens (tertiary/aromatic N) is 2. The van der Waals surface area contributed by atoms with Gasteiger partial charge in [0.15, 0.2) is 5.16 Å². The number of hydrogen-bond acceptors (Lipinski definition) is 3. The molecule has 0 unspecified atom stereocenters. The number of halogens is 2. The molecule has 0 spiro atoms. The Kier molecular flexibility index (Phi) is 4.06. The monoisotopic (exact) mass is 319 g/mol. The number of rotatable bonds is 4. The van der Waals surface area contributed by atoms with Crippen molar-refractivity contribution in [3.8, 4) is 0 Å². The van der Waals surface area contributed by atoms with E-state index in [0.717, 1.165) is 23.7 Å². The van der Waals surface area contributed by atoms with E-state index in [4.69, 9.17) is 0 Å². The van der Waals surface area contributed by atoms with Crippen LogP contribution in [0, 0.1) is 11.6 Å². The highest BCUT2D eigenvalue weighted by Gasteiger charge is 2.10. The zero-order chi connectivity index (χ0) is 15.5. The molecule has 0 aliphatic rings. The highest BCUT2D eigenvalue weighted by molar-refractivity contribution is 7.99. The largest absolute Gasteiger partial charge is 0.323 e. The first kappa shape index (κ1) is 14.5. The van der Waals surface area contributed by atoms with Crippen LogP contribution in [0.15, 0.2) is 53.9 Å². The molecule has 0 atom stereocenters. The minimum atomic E-state index is -0.675. The number of nitrogens with one attached hydrogen (secondary N) is 1. The second-order valence-electron chi connectivity index (χ2n) is 4.50. The quantitative estimate of drug-likeness (QED) is 0.750. The van der Waals surface area contributed by atoms with Crippen LogP contribution in [-0.4, -0.2) is 21.0 Å². The maximum absolute atomic E-state index is 13.4. The van der Waals surface area contributed by atoms with Gasteiger partial charge in [-0.05, 0) is 24.3 Å². The minimum absolute atomic E-state index is 0.0456. The maximum atomic E-state index is 13.4. The maximum Gasteiger partial charge on any atom is 0.234 e. The van der Waals surface area contributed by atoms with Gasteiger partial charge in [0, 0.05) is 12.3 Å². The highest BCUT2D eigenvalue weighted by Crippen LogP contribution is 2.20. The number of carbonyl (C=O) groups is 1. The first-order valence-electron chi connectivity index (χ1n) is 6.43. The Hall–Kier alpha value is -2.41. The third-order valence-electron chi connectivity index (χ3n) is 2.94. The summed E-state index contributed by atoms with van der Waals surface area (Å²) in [6, 6.07) is 8.57. The summed E-state index contributed by atoms with van der Waals surface area (Å²) >= 11 is 1.22. The lowest BCUT2D eigenvalue weighted by atomic mass is 10.3. The van der Waals surface area contributed by atoms with E-state index in [2.05, 4.69) is 10.3 Å². The number of aromatic nitrogens is 2. The van der Waals surface area contributed by atoms with Crippen LogP contribution in [0.2, 0.25) is 0 Å². The lowest BCUT2D eigenvalue weighted by Crippen LogP contribution is -2.15. The molecule has 0 radical (unpaired) electrons. The van der Waals surface area contributed by atoms with Crippen LogP contribution in [0.1, 0.15) is 0 Å². The van der Waals surface area contributed by atoms with Crippen LogP contribution in [0.5, 0.6) is 0 Å². The van der Waals surface area contributed by atoms with Gasteiger partial charge < -0.3 is 5.32 Å². The van der Waals surface area contributed by atoms with Crippen LogP contribution in [0.3, 0.4) is 0 Å². The van der Waals surface area contributed by atoms with Crippen LogP contribution >= 0.6 is 11.8 Å². The second-order valence-corrected chi connectivity index (χ2v) is 5.44. The van der Waals surface area contributed by atoms with Crippen LogP contribution in [-0.2, 0) is 4.79 Å². The van der Waals surface area contributed by atoms with Gasteiger partial charge in [0.2, 0.25) is 5.91 Å². The first-order valence-corrected chi connectivity index (χ1v) is 7.42. The molecule has 112 valence electrons. The van der Waals surface area contributed by atoms with Crippen molar-refractivity contribution in [2.45, 2.75) is 5.16 Å². The topological polar surface area (TPSA) is 46.4 Å². The summed E-state index contributed by atoms with van der Waals surface area (Å²) in [5.41, 5.74) is 0.750. The standard InChI is InChI=1S/C15H11F2N3OS/c16-10-4-5-12(17)13(7-10)19-14(21)9-22-15-18-8-11-3-1-2-6-20(11)15/h1-8H,9H2,(H,19,21). The van der Waals surface area contributed by atoms with Crippen LogP contribution in [0.25, 0.3) is 5.52 Å². The van der Waals surface area contributed by atoms with Gasteiger partial charge in [0.25, 0.3) is 0 Å². The van der Waals surface area contributed by atoms with Gasteiger partial charge in [-0.2, -0.15) is 0 Å². The molecule has 1 N–H and O–H groups in total. The Labute approximate surface area is 129 Å². The van der Waals surface area contributed by atoms with E-state index in [0.29, 0.717) is 5.16 Å². The fourth-order valence-electron chi connectivity index (χ4n) is 1.94. The molecule has 3 aromatic rings. The molecule has 1 amide bonds. The van der Waals surface area contributed by atoms with E-state index < -0.39 is 17.5 Å². The number of anilines is 1. The molecule has 4 nitrogen and oxygen atoms in total. The Morgan fingerprint density at radius 2 is 2.14 bits per heavy atom. The van der Waals surface area contributed by atoms with Crippen LogP contribution < -0.4 is 5.32 Å². The summed E-state index contributed by atoms with van der Waals surface area (Å²) in [7, 11) is 0. The third kappa shape index (κ3) is 3.09. The molecule has 7 heteroatoms. The van der Waals surface area contributed by atoms with Gasteiger partial charge in [-0.25, -0.2) is 13.8 Å². The van der Waals surface area contributed by atoms with Crippen molar-refractivity contribution >= 4 is 28.9 Å². The number of amides is 1. The summed E-state index contributed by atoms with van der Waals surface area (Å²) in [5, 5.41) is 3.01. The SMILES string of the molecule is O=C(CSc1ncc2ccccn12)Nc1cc(F)ccc1F. The number of thioether (sulfide) groups is 1. The lowest BCUT2D eigenvalue weighted by molar-refractivity contribution is -0.113. The summed E-state index contributed by atoms with van der Waals surface area (Å²) in [6.07, 6.45) is 3.54. The third-order valence-corrected chi connectivity index (χ3v) is 3.91. The summed E-state index contributed by atoms with van der Waals surface area (Å²) in [6.45, 7) is 0. The predicted octanol–water partition coefficient (Wildman–Crippen LogP) is 3.34. The molecule has 0 bridgehead atoms. The smallest absolute Gasteiger partial charge is 0.234 e. The van der Waals surface area contributed by atoms with Gasteiger partial charge in [-0.15, -0.1) is 0 Å². The van der Waals surface area contributed by atoms with E-state index in [-0.39, 0.29) is 11.4 Å². The molecular formula is C15H11F2N3OS. The van der Waals surface area contributed by atoms with Gasteiger partial charge in [-0.1, -0.05) is 17.8 Å². The van der Waals surface area contributed by atoms with Crippen molar-refractivity contribution in [3.63, 3.8) is 0 Å². The average Bonchev–Trinajstić information content (AvgIpc) is 2.92. The summed E-state index contributed by atoms with van der Waals surface area (Å²) < 4.78 is 28.3. The van der Waals surface area contributed by atoms with Crippen molar-refractivity contribution in [2.75, 3.05) is 11.1 Å². The van der Waals surface area contributed by atoms with Crippen molar-refractivity contribution in [1.29, 1.82) is 0 Å². The van der Waals surface area contributed by atoms with E-state index in [9.17, 15) is 13.6 Å². The zero-order valence-corrected chi connectivity index (χ0v) is 12.1. The molecule has 2 aromatic heterocycles. The number of fused-ring (bicyclic) bond motifs is 1. The molecule has 22 heavy (non-hydrogen) atoms. The number of pyridine rings is 1. The van der Waals surface area contributed by atoms with Crippen molar-refractivity contribution in [1.82, 2.24) is 9.38 Å². The van der Waals surface area contributed by atoms with Gasteiger partial charge in [0.1, 0.15) is 11.6 Å². The van der Waals surface area contributed by atoms with E-state index in [1.807, 2.05) is 28.8 Å². The van der Waals surface area contributed by atoms with Crippen molar-refractivity contribution in [2.24, 2.45) is 0 Å². The molecule has 0 saturated heterocycles. The molecular weight excluding hydrogens is 308 g/mol. The van der Waals surface area contributed by atoms with Gasteiger partial charge in [0.05, 0.1) is 23.2 Å². The average molecular weight is 319 g/mol. The second kappa shape index (κ2) is 6.15. The molecule has 1 aromatic carbocycles. The molecule has 2 heterocycles. The Balaban J connectivity index is 1.66. The number of carbonyl (C=O) groups excluding carboxylic acids is 1. The van der Waals surface area contributed by atoms with Crippen molar-refractivity contribution in [3.05, 3.63) is 60.4 Å². The minimum Gasteiger partial charge on any atom is -0.323 e. The number of hydrogen-bond donors (Lipinski definition) is 1.